The monoisotopic (exact) mass is 348 g/mol. The Morgan fingerprint density at radius 1 is 1.12 bits per heavy atom. The number of thioether (sulfide) groups is 1. The number of aromatic nitrogens is 1. The lowest BCUT2D eigenvalue weighted by atomic mass is 9.91. The largest absolute Gasteiger partial charge is 0.354 e. The topological polar surface area (TPSA) is 80.0 Å². The maximum Gasteiger partial charge on any atom is 0.234 e. The van der Waals surface area contributed by atoms with Crippen LogP contribution >= 0.6 is 11.8 Å². The highest BCUT2D eigenvalue weighted by atomic mass is 32.2. The number of amides is 1. The second-order valence-corrected chi connectivity index (χ2v) is 7.17. The molecule has 0 radical (unpaired) electrons. The number of nitrogens with one attached hydrogen (secondary N) is 2. The first kappa shape index (κ1) is 14.7. The van der Waals surface area contributed by atoms with Crippen LogP contribution in [0, 0.1) is 0 Å². The SMILES string of the molecule is NCCc1c2c(c3nccc4c3c1Nc1ccccc1-4)NC(=O)CS2. The molecule has 5 rings (SSSR count). The van der Waals surface area contributed by atoms with Crippen LogP contribution in [-0.4, -0.2) is 23.2 Å². The molecule has 0 saturated carbocycles. The summed E-state index contributed by atoms with van der Waals surface area (Å²) in [6.07, 6.45) is 2.57. The first-order valence-electron chi connectivity index (χ1n) is 8.24. The van der Waals surface area contributed by atoms with Crippen molar-refractivity contribution in [3.8, 4) is 11.1 Å². The summed E-state index contributed by atoms with van der Waals surface area (Å²) in [7, 11) is 0. The number of nitrogens with zero attached hydrogens (tertiary/aromatic N) is 1. The Hall–Kier alpha value is -2.57. The fraction of sp³-hybridized carbons (Fsp3) is 0.158. The summed E-state index contributed by atoms with van der Waals surface area (Å²) in [4.78, 5) is 17.7. The zero-order valence-electron chi connectivity index (χ0n) is 13.4. The molecule has 5 nitrogen and oxygen atoms in total. The van der Waals surface area contributed by atoms with E-state index in [1.165, 1.54) is 5.56 Å². The number of rotatable bonds is 2. The van der Waals surface area contributed by atoms with Crippen LogP contribution in [0.25, 0.3) is 22.0 Å². The molecule has 0 spiro atoms. The third-order valence-corrected chi connectivity index (χ3v) is 5.87. The van der Waals surface area contributed by atoms with Crippen LogP contribution in [-0.2, 0) is 11.2 Å². The highest BCUT2D eigenvalue weighted by molar-refractivity contribution is 8.00. The highest BCUT2D eigenvalue weighted by Crippen LogP contribution is 2.51. The molecule has 2 aliphatic rings. The van der Waals surface area contributed by atoms with Gasteiger partial charge in [0.25, 0.3) is 0 Å². The van der Waals surface area contributed by atoms with Crippen molar-refractivity contribution < 1.29 is 4.79 Å². The molecule has 1 amide bonds. The van der Waals surface area contributed by atoms with Gasteiger partial charge in [-0.1, -0.05) is 18.2 Å². The molecule has 3 aromatic rings. The van der Waals surface area contributed by atoms with Crippen LogP contribution in [0.4, 0.5) is 17.1 Å². The first-order valence-corrected chi connectivity index (χ1v) is 9.23. The molecule has 3 heterocycles. The lowest BCUT2D eigenvalue weighted by Gasteiger charge is -2.29. The minimum absolute atomic E-state index is 0.0165. The Morgan fingerprint density at radius 2 is 2.00 bits per heavy atom. The number of anilines is 3. The van der Waals surface area contributed by atoms with Crippen LogP contribution in [0.2, 0.25) is 0 Å². The molecule has 0 unspecified atom stereocenters. The van der Waals surface area contributed by atoms with Gasteiger partial charge in [-0.3, -0.25) is 9.78 Å². The van der Waals surface area contributed by atoms with Crippen LogP contribution in [0.15, 0.2) is 41.4 Å². The van der Waals surface area contributed by atoms with Gasteiger partial charge >= 0.3 is 0 Å². The molecule has 6 heteroatoms. The zero-order valence-corrected chi connectivity index (χ0v) is 14.2. The molecule has 0 saturated heterocycles. The molecule has 0 fully saturated rings. The zero-order chi connectivity index (χ0) is 17.0. The molecule has 4 N–H and O–H groups in total. The summed E-state index contributed by atoms with van der Waals surface area (Å²) >= 11 is 1.57. The molecule has 124 valence electrons. The summed E-state index contributed by atoms with van der Waals surface area (Å²) in [5.74, 6) is 0.439. The molecular weight excluding hydrogens is 332 g/mol. The van der Waals surface area contributed by atoms with E-state index < -0.39 is 0 Å². The van der Waals surface area contributed by atoms with Gasteiger partial charge in [0.2, 0.25) is 5.91 Å². The third kappa shape index (κ3) is 2.08. The molecule has 0 aliphatic carbocycles. The van der Waals surface area contributed by atoms with Gasteiger partial charge in [0.15, 0.2) is 0 Å². The molecule has 25 heavy (non-hydrogen) atoms. The Balaban J connectivity index is 1.93. The van der Waals surface area contributed by atoms with Crippen molar-refractivity contribution in [1.29, 1.82) is 0 Å². The van der Waals surface area contributed by atoms with E-state index in [9.17, 15) is 4.79 Å². The van der Waals surface area contributed by atoms with Crippen molar-refractivity contribution in [2.45, 2.75) is 11.3 Å². The van der Waals surface area contributed by atoms with Gasteiger partial charge in [-0.25, -0.2) is 0 Å². The molecule has 1 aromatic heterocycles. The normalized spacial score (nSPS) is 14.5. The van der Waals surface area contributed by atoms with Crippen molar-refractivity contribution in [2.24, 2.45) is 5.73 Å². The van der Waals surface area contributed by atoms with Crippen molar-refractivity contribution >= 4 is 45.6 Å². The van der Waals surface area contributed by atoms with Gasteiger partial charge in [-0.2, -0.15) is 0 Å². The number of pyridine rings is 1. The lowest BCUT2D eigenvalue weighted by Crippen LogP contribution is -2.22. The maximum atomic E-state index is 12.0. The van der Waals surface area contributed by atoms with Crippen molar-refractivity contribution in [2.75, 3.05) is 22.9 Å². The molecule has 0 bridgehead atoms. The third-order valence-electron chi connectivity index (χ3n) is 4.72. The summed E-state index contributed by atoms with van der Waals surface area (Å²) in [5, 5.41) is 7.70. The molecule has 2 aromatic carbocycles. The van der Waals surface area contributed by atoms with Crippen LogP contribution in [0.3, 0.4) is 0 Å². The number of carbonyl (C=O) groups excluding carboxylic acids is 1. The standard InChI is InChI=1S/C19H16N4OS/c20-7-5-12-16-15-11(10-3-1-2-4-13(10)22-16)6-8-21-17(15)18-19(12)25-9-14(24)23-18/h1-4,6,8,22H,5,7,9,20H2,(H,23,24). The number of fused-ring (bicyclic) bond motifs is 4. The first-order chi connectivity index (χ1) is 12.3. The molecule has 2 aliphatic heterocycles. The minimum Gasteiger partial charge on any atom is -0.354 e. The van der Waals surface area contributed by atoms with Crippen LogP contribution in [0.1, 0.15) is 5.56 Å². The van der Waals surface area contributed by atoms with Gasteiger partial charge in [0.1, 0.15) is 0 Å². The summed E-state index contributed by atoms with van der Waals surface area (Å²) in [6, 6.07) is 10.3. The maximum absolute atomic E-state index is 12.0. The lowest BCUT2D eigenvalue weighted by molar-refractivity contribution is -0.113. The fourth-order valence-electron chi connectivity index (χ4n) is 3.72. The molecular formula is C19H16N4OS. The minimum atomic E-state index is 0.0165. The van der Waals surface area contributed by atoms with Crippen molar-refractivity contribution in [3.05, 3.63) is 42.1 Å². The Bertz CT molecular complexity index is 1050. The van der Waals surface area contributed by atoms with Gasteiger partial charge in [-0.15, -0.1) is 11.8 Å². The van der Waals surface area contributed by atoms with Gasteiger partial charge < -0.3 is 16.4 Å². The smallest absolute Gasteiger partial charge is 0.234 e. The number of hydrogen-bond donors (Lipinski definition) is 3. The van der Waals surface area contributed by atoms with Gasteiger partial charge in [0, 0.05) is 27.7 Å². The number of hydrogen-bond acceptors (Lipinski definition) is 5. The van der Waals surface area contributed by atoms with Gasteiger partial charge in [0.05, 0.1) is 22.6 Å². The predicted molar refractivity (Wildman–Crippen MR) is 103 cm³/mol. The average Bonchev–Trinajstić information content (AvgIpc) is 2.65. The quantitative estimate of drug-likeness (QED) is 0.517. The van der Waals surface area contributed by atoms with E-state index >= 15 is 0 Å². The van der Waals surface area contributed by atoms with Crippen molar-refractivity contribution in [3.63, 3.8) is 0 Å². The fourth-order valence-corrected chi connectivity index (χ4v) is 4.74. The van der Waals surface area contributed by atoms with E-state index in [0.717, 1.165) is 50.4 Å². The van der Waals surface area contributed by atoms with E-state index in [1.54, 1.807) is 11.8 Å². The number of benzene rings is 2. The van der Waals surface area contributed by atoms with Gasteiger partial charge in [-0.05, 0) is 36.2 Å². The number of nitrogens with two attached hydrogens (primary N) is 1. The Labute approximate surface area is 149 Å². The second kappa shape index (κ2) is 5.47. The summed E-state index contributed by atoms with van der Waals surface area (Å²) in [6.45, 7) is 0.554. The summed E-state index contributed by atoms with van der Waals surface area (Å²) < 4.78 is 0. The second-order valence-electron chi connectivity index (χ2n) is 6.19. The molecule has 0 atom stereocenters. The van der Waals surface area contributed by atoms with Crippen LogP contribution < -0.4 is 16.4 Å². The highest BCUT2D eigenvalue weighted by Gasteiger charge is 2.29. The van der Waals surface area contributed by atoms with E-state index in [2.05, 4.69) is 27.8 Å². The van der Waals surface area contributed by atoms with Crippen LogP contribution in [0.5, 0.6) is 0 Å². The summed E-state index contributed by atoms with van der Waals surface area (Å²) in [5.41, 5.74) is 13.2. The Morgan fingerprint density at radius 3 is 2.88 bits per heavy atom. The van der Waals surface area contributed by atoms with E-state index in [0.29, 0.717) is 12.3 Å². The van der Waals surface area contributed by atoms with E-state index in [4.69, 9.17) is 5.73 Å². The van der Waals surface area contributed by atoms with Crippen molar-refractivity contribution in [1.82, 2.24) is 4.98 Å². The number of carbonyl (C=O) groups is 1. The predicted octanol–water partition coefficient (Wildman–Crippen LogP) is 3.50. The van der Waals surface area contributed by atoms with E-state index in [-0.39, 0.29) is 5.91 Å². The Kier molecular flexibility index (Phi) is 3.23. The average molecular weight is 348 g/mol. The number of para-hydroxylation sites is 1. The van der Waals surface area contributed by atoms with E-state index in [1.807, 2.05) is 24.4 Å².